The van der Waals surface area contributed by atoms with Gasteiger partial charge in [-0.1, -0.05) is 54.6 Å². The summed E-state index contributed by atoms with van der Waals surface area (Å²) in [4.78, 5) is 16.3. The highest BCUT2D eigenvalue weighted by atomic mass is 19.4. The molecule has 156 valence electrons. The molecule has 8 heteroatoms. The van der Waals surface area contributed by atoms with Crippen LogP contribution < -0.4 is 4.74 Å². The van der Waals surface area contributed by atoms with Crippen molar-refractivity contribution in [1.82, 2.24) is 9.88 Å². The molecule has 30 heavy (non-hydrogen) atoms. The molecule has 2 atom stereocenters. The number of benzene rings is 2. The summed E-state index contributed by atoms with van der Waals surface area (Å²) in [5, 5.41) is 9.67. The maximum atomic E-state index is 14.1. The third-order valence-corrected chi connectivity index (χ3v) is 4.50. The predicted octanol–water partition coefficient (Wildman–Crippen LogP) is 6.22. The van der Waals surface area contributed by atoms with Crippen molar-refractivity contribution in [3.63, 3.8) is 0 Å². The molecule has 1 N–H and O–H groups in total. The second kappa shape index (κ2) is 8.86. The van der Waals surface area contributed by atoms with Crippen LogP contribution in [0.3, 0.4) is 0 Å². The van der Waals surface area contributed by atoms with Gasteiger partial charge in [0.2, 0.25) is 5.88 Å². The average Bonchev–Trinajstić information content (AvgIpc) is 2.72. The van der Waals surface area contributed by atoms with Crippen molar-refractivity contribution in [2.75, 3.05) is 0 Å². The van der Waals surface area contributed by atoms with E-state index in [1.165, 1.54) is 19.1 Å². The lowest BCUT2D eigenvalue weighted by Crippen LogP contribution is -2.43. The Kier molecular flexibility index (Phi) is 6.25. The lowest BCUT2D eigenvalue weighted by molar-refractivity contribution is -0.186. The average molecular weight is 416 g/mol. The van der Waals surface area contributed by atoms with Crippen LogP contribution in [0.4, 0.5) is 18.0 Å². The van der Waals surface area contributed by atoms with E-state index in [0.29, 0.717) is 16.2 Å². The molecule has 1 aromatic heterocycles. The zero-order valence-electron chi connectivity index (χ0n) is 16.0. The minimum absolute atomic E-state index is 0.0642. The van der Waals surface area contributed by atoms with Gasteiger partial charge in [-0.05, 0) is 30.7 Å². The van der Waals surface area contributed by atoms with E-state index in [4.69, 9.17) is 4.74 Å². The van der Waals surface area contributed by atoms with Crippen LogP contribution in [0.5, 0.6) is 11.6 Å². The van der Waals surface area contributed by atoms with Gasteiger partial charge in [0.25, 0.3) is 0 Å². The van der Waals surface area contributed by atoms with E-state index in [0.717, 1.165) is 6.07 Å². The van der Waals surface area contributed by atoms with Gasteiger partial charge in [0.15, 0.2) is 6.04 Å². The van der Waals surface area contributed by atoms with Crippen molar-refractivity contribution >= 4 is 6.09 Å². The topological polar surface area (TPSA) is 62.7 Å². The molecule has 0 saturated carbocycles. The highest BCUT2D eigenvalue weighted by Crippen LogP contribution is 2.41. The summed E-state index contributed by atoms with van der Waals surface area (Å²) in [6.07, 6.45) is -6.59. The molecular formula is C22H19F3N2O3. The number of rotatable bonds is 6. The van der Waals surface area contributed by atoms with Crippen molar-refractivity contribution in [3.05, 3.63) is 90.1 Å². The van der Waals surface area contributed by atoms with Crippen LogP contribution in [-0.2, 0) is 0 Å². The third kappa shape index (κ3) is 4.89. The second-order valence-electron chi connectivity index (χ2n) is 6.54. The standard InChI is InChI=1S/C22H19F3N2O3/c1-15(16-9-4-2-5-10-16)27(21(28)29)20(22(23,24)25)18-13-8-14-19(26-18)30-17-11-6-3-7-12-17/h2-15,20H,1H3,(H,28,29)/t15-,20-/m0/s1. The van der Waals surface area contributed by atoms with E-state index >= 15 is 0 Å². The lowest BCUT2D eigenvalue weighted by Gasteiger charge is -2.35. The van der Waals surface area contributed by atoms with Crippen LogP contribution in [0, 0.1) is 0 Å². The van der Waals surface area contributed by atoms with Crippen LogP contribution >= 0.6 is 0 Å². The number of aromatic nitrogens is 1. The Morgan fingerprint density at radius 3 is 2.13 bits per heavy atom. The maximum Gasteiger partial charge on any atom is 0.414 e. The normalized spacial score (nSPS) is 13.3. The molecule has 1 amide bonds. The monoisotopic (exact) mass is 416 g/mol. The number of hydrogen-bond donors (Lipinski definition) is 1. The summed E-state index contributed by atoms with van der Waals surface area (Å²) in [5.74, 6) is 0.337. The fraction of sp³-hybridized carbons (Fsp3) is 0.182. The molecule has 1 heterocycles. The molecule has 0 unspecified atom stereocenters. The first-order valence-electron chi connectivity index (χ1n) is 9.10. The van der Waals surface area contributed by atoms with Gasteiger partial charge >= 0.3 is 12.3 Å². The van der Waals surface area contributed by atoms with E-state index in [1.807, 2.05) is 0 Å². The van der Waals surface area contributed by atoms with Crippen molar-refractivity contribution in [2.24, 2.45) is 0 Å². The minimum Gasteiger partial charge on any atom is -0.465 e. The molecule has 3 aromatic rings. The van der Waals surface area contributed by atoms with E-state index in [1.54, 1.807) is 60.7 Å². The molecule has 0 aliphatic carbocycles. The molecule has 2 aromatic carbocycles. The molecule has 0 aliphatic heterocycles. The SMILES string of the molecule is C[C@@H](c1ccccc1)N(C(=O)O)[C@@H](c1cccc(Oc2ccccc2)n1)C(F)(F)F. The molecule has 3 rings (SSSR count). The van der Waals surface area contributed by atoms with Crippen LogP contribution in [-0.4, -0.2) is 27.3 Å². The Hall–Kier alpha value is -3.55. The van der Waals surface area contributed by atoms with Crippen LogP contribution in [0.25, 0.3) is 0 Å². The largest absolute Gasteiger partial charge is 0.465 e. The number of hydrogen-bond acceptors (Lipinski definition) is 3. The van der Waals surface area contributed by atoms with Gasteiger partial charge in [-0.3, -0.25) is 4.90 Å². The number of nitrogens with zero attached hydrogens (tertiary/aromatic N) is 2. The fourth-order valence-electron chi connectivity index (χ4n) is 3.11. The second-order valence-corrected chi connectivity index (χ2v) is 6.54. The Labute approximate surface area is 171 Å². The Morgan fingerprint density at radius 1 is 0.967 bits per heavy atom. The zero-order valence-corrected chi connectivity index (χ0v) is 16.0. The molecule has 0 saturated heterocycles. The maximum absolute atomic E-state index is 14.1. The number of carboxylic acid groups (broad SMARTS) is 1. The van der Waals surface area contributed by atoms with Gasteiger partial charge in [-0.2, -0.15) is 13.2 Å². The van der Waals surface area contributed by atoms with Crippen molar-refractivity contribution in [3.8, 4) is 11.6 Å². The molecule has 0 aliphatic rings. The highest BCUT2D eigenvalue weighted by Gasteiger charge is 2.49. The number of amides is 1. The number of halogens is 3. The summed E-state index contributed by atoms with van der Waals surface area (Å²) >= 11 is 0. The van der Waals surface area contributed by atoms with Crippen molar-refractivity contribution in [2.45, 2.75) is 25.2 Å². The Morgan fingerprint density at radius 2 is 1.57 bits per heavy atom. The number of para-hydroxylation sites is 1. The van der Waals surface area contributed by atoms with Crippen molar-refractivity contribution in [1.29, 1.82) is 0 Å². The van der Waals surface area contributed by atoms with Crippen LogP contribution in [0.15, 0.2) is 78.9 Å². The van der Waals surface area contributed by atoms with E-state index < -0.39 is 30.0 Å². The smallest absolute Gasteiger partial charge is 0.414 e. The highest BCUT2D eigenvalue weighted by molar-refractivity contribution is 5.66. The number of pyridine rings is 1. The van der Waals surface area contributed by atoms with Crippen LogP contribution in [0.1, 0.15) is 30.3 Å². The van der Waals surface area contributed by atoms with Gasteiger partial charge in [-0.15, -0.1) is 0 Å². The summed E-state index contributed by atoms with van der Waals surface area (Å²) in [5.41, 5.74) is -0.0352. The summed E-state index contributed by atoms with van der Waals surface area (Å²) in [6.45, 7) is 1.41. The van der Waals surface area contributed by atoms with Gasteiger partial charge in [0.1, 0.15) is 5.75 Å². The van der Waals surface area contributed by atoms with Crippen molar-refractivity contribution < 1.29 is 27.8 Å². The molecule has 0 fully saturated rings. The lowest BCUT2D eigenvalue weighted by atomic mass is 10.0. The third-order valence-electron chi connectivity index (χ3n) is 4.50. The van der Waals surface area contributed by atoms with E-state index in [9.17, 15) is 23.1 Å². The molecule has 0 spiro atoms. The molecule has 0 bridgehead atoms. The molecule has 0 radical (unpaired) electrons. The molecule has 5 nitrogen and oxygen atoms in total. The number of carbonyl (C=O) groups is 1. The zero-order chi connectivity index (χ0) is 21.7. The number of ether oxygens (including phenoxy) is 1. The summed E-state index contributed by atoms with van der Waals surface area (Å²) < 4.78 is 47.7. The Balaban J connectivity index is 2.01. The minimum atomic E-state index is -4.89. The summed E-state index contributed by atoms with van der Waals surface area (Å²) in [7, 11) is 0. The predicted molar refractivity (Wildman–Crippen MR) is 104 cm³/mol. The first-order chi connectivity index (χ1) is 14.3. The van der Waals surface area contributed by atoms with Crippen LogP contribution in [0.2, 0.25) is 0 Å². The first-order valence-corrected chi connectivity index (χ1v) is 9.10. The van der Waals surface area contributed by atoms with Gasteiger partial charge < -0.3 is 9.84 Å². The first kappa shape index (κ1) is 21.2. The van der Waals surface area contributed by atoms with Gasteiger partial charge in [0.05, 0.1) is 11.7 Å². The molecular weight excluding hydrogens is 397 g/mol. The Bertz CT molecular complexity index is 982. The van der Waals surface area contributed by atoms with Gasteiger partial charge in [-0.25, -0.2) is 9.78 Å². The number of alkyl halides is 3. The fourth-order valence-corrected chi connectivity index (χ4v) is 3.11. The van der Waals surface area contributed by atoms with E-state index in [-0.39, 0.29) is 5.88 Å². The van der Waals surface area contributed by atoms with E-state index in [2.05, 4.69) is 4.98 Å². The summed E-state index contributed by atoms with van der Waals surface area (Å²) in [6, 6.07) is 17.0. The van der Waals surface area contributed by atoms with Gasteiger partial charge in [0, 0.05) is 6.07 Å². The quantitative estimate of drug-likeness (QED) is 0.518.